The summed E-state index contributed by atoms with van der Waals surface area (Å²) in [7, 11) is -2.15. The first-order valence-electron chi connectivity index (χ1n) is 11.2. The average Bonchev–Trinajstić information content (AvgIpc) is 3.20. The Labute approximate surface area is 198 Å². The van der Waals surface area contributed by atoms with Crippen LogP contribution in [0.5, 0.6) is 0 Å². The molecule has 0 aliphatic heterocycles. The molecule has 1 aliphatic carbocycles. The number of aromatic nitrogens is 3. The normalized spacial score (nSPS) is 15.8. The number of ether oxygens (including phenoxy) is 1. The molecule has 1 aromatic carbocycles. The van der Waals surface area contributed by atoms with Crippen LogP contribution < -0.4 is 15.6 Å². The Balaban J connectivity index is 1.68. The van der Waals surface area contributed by atoms with E-state index in [4.69, 9.17) is 16.4 Å². The van der Waals surface area contributed by atoms with E-state index in [0.717, 1.165) is 32.1 Å². The fourth-order valence-corrected chi connectivity index (χ4v) is 5.55. The van der Waals surface area contributed by atoms with Crippen LogP contribution in [0.1, 0.15) is 32.1 Å². The molecule has 11 heteroatoms. The van der Waals surface area contributed by atoms with Gasteiger partial charge in [-0.3, -0.25) is 4.79 Å². The Bertz CT molecular complexity index is 1350. The molecular formula is C23H28N6O4S. The minimum absolute atomic E-state index is 0.126. The number of H-pyrrole nitrogens is 1. The van der Waals surface area contributed by atoms with Crippen LogP contribution in [0, 0.1) is 6.57 Å². The molecule has 0 radical (unpaired) electrons. The van der Waals surface area contributed by atoms with Crippen molar-refractivity contribution < 1.29 is 13.2 Å². The summed E-state index contributed by atoms with van der Waals surface area (Å²) >= 11 is 0. The van der Waals surface area contributed by atoms with Crippen molar-refractivity contribution in [2.45, 2.75) is 42.5 Å². The summed E-state index contributed by atoms with van der Waals surface area (Å²) < 4.78 is 34.0. The highest BCUT2D eigenvalue weighted by molar-refractivity contribution is 7.89. The molecule has 2 heterocycles. The molecule has 2 aromatic heterocycles. The van der Waals surface area contributed by atoms with E-state index in [1.165, 1.54) is 19.2 Å². The lowest BCUT2D eigenvalue weighted by Gasteiger charge is -2.33. The van der Waals surface area contributed by atoms with Crippen molar-refractivity contribution >= 4 is 32.4 Å². The summed E-state index contributed by atoms with van der Waals surface area (Å²) in [5.74, 6) is 0.376. The summed E-state index contributed by atoms with van der Waals surface area (Å²) in [6.07, 6.45) is 6.41. The summed E-state index contributed by atoms with van der Waals surface area (Å²) in [5.41, 5.74) is 0.547. The van der Waals surface area contributed by atoms with Crippen LogP contribution in [-0.4, -0.2) is 50.0 Å². The molecular weight excluding hydrogens is 456 g/mol. The third-order valence-electron chi connectivity index (χ3n) is 6.24. The fraction of sp³-hybridized carbons (Fsp3) is 0.435. The van der Waals surface area contributed by atoms with E-state index in [1.54, 1.807) is 18.3 Å². The molecule has 3 aromatic rings. The number of aromatic amines is 1. The Hall–Kier alpha value is -3.20. The van der Waals surface area contributed by atoms with Crippen LogP contribution in [-0.2, 0) is 20.3 Å². The molecule has 0 spiro atoms. The van der Waals surface area contributed by atoms with E-state index in [9.17, 15) is 13.2 Å². The van der Waals surface area contributed by atoms with Crippen molar-refractivity contribution in [2.24, 2.45) is 0 Å². The summed E-state index contributed by atoms with van der Waals surface area (Å²) in [6.45, 7) is 8.27. The molecule has 0 amide bonds. The molecule has 34 heavy (non-hydrogen) atoms. The number of sulfonamides is 1. The van der Waals surface area contributed by atoms with Gasteiger partial charge >= 0.3 is 0 Å². The Morgan fingerprint density at radius 2 is 1.94 bits per heavy atom. The first-order chi connectivity index (χ1) is 16.4. The predicted molar refractivity (Wildman–Crippen MR) is 130 cm³/mol. The number of hydrogen-bond donors (Lipinski definition) is 3. The summed E-state index contributed by atoms with van der Waals surface area (Å²) in [6, 6.07) is 8.05. The van der Waals surface area contributed by atoms with E-state index >= 15 is 0 Å². The van der Waals surface area contributed by atoms with Crippen LogP contribution in [0.2, 0.25) is 0 Å². The number of hydrogen-bond acceptors (Lipinski definition) is 6. The second kappa shape index (κ2) is 9.97. The van der Waals surface area contributed by atoms with Gasteiger partial charge < -0.3 is 19.9 Å². The van der Waals surface area contributed by atoms with Gasteiger partial charge in [0.05, 0.1) is 17.0 Å². The van der Waals surface area contributed by atoms with Crippen molar-refractivity contribution in [1.82, 2.24) is 19.5 Å². The standard InChI is InChI=1S/C23H28N6O4S/c1-24-16-23(11-4-3-5-12-23)29-19-10-13-25-22(30)20(19)21(28-29)27-17-6-8-18(9-7-17)34(31,32)26-14-15-33-2/h6-10,13,26H,3-5,11-12,14-16H2,2H3,(H,25,30)(H,27,28). The van der Waals surface area contributed by atoms with Crippen molar-refractivity contribution in [3.05, 3.63) is 58.3 Å². The maximum Gasteiger partial charge on any atom is 0.261 e. The first-order valence-corrected chi connectivity index (χ1v) is 12.7. The van der Waals surface area contributed by atoms with Gasteiger partial charge in [-0.15, -0.1) is 0 Å². The highest BCUT2D eigenvalue weighted by Gasteiger charge is 2.40. The topological polar surface area (TPSA) is 122 Å². The van der Waals surface area contributed by atoms with Gasteiger partial charge in [-0.1, -0.05) is 19.3 Å². The maximum atomic E-state index is 12.8. The van der Waals surface area contributed by atoms with Crippen LogP contribution >= 0.6 is 0 Å². The number of pyridine rings is 1. The van der Waals surface area contributed by atoms with E-state index in [2.05, 4.69) is 19.9 Å². The highest BCUT2D eigenvalue weighted by atomic mass is 32.2. The number of fused-ring (bicyclic) bond motifs is 1. The van der Waals surface area contributed by atoms with E-state index in [0.29, 0.717) is 29.0 Å². The summed E-state index contributed by atoms with van der Waals surface area (Å²) in [5, 5.41) is 8.36. The fourth-order valence-electron chi connectivity index (χ4n) is 4.54. The molecule has 1 fully saturated rings. The van der Waals surface area contributed by atoms with E-state index in [-0.39, 0.29) is 23.6 Å². The zero-order chi connectivity index (χ0) is 24.2. The second-order valence-corrected chi connectivity index (χ2v) is 10.2. The lowest BCUT2D eigenvalue weighted by atomic mass is 9.81. The zero-order valence-electron chi connectivity index (χ0n) is 19.0. The van der Waals surface area contributed by atoms with Gasteiger partial charge in [0.15, 0.2) is 5.82 Å². The van der Waals surface area contributed by atoms with Crippen molar-refractivity contribution in [3.63, 3.8) is 0 Å². The van der Waals surface area contributed by atoms with Gasteiger partial charge in [-0.05, 0) is 43.2 Å². The lowest BCUT2D eigenvalue weighted by Crippen LogP contribution is -2.39. The number of nitrogens with one attached hydrogen (secondary N) is 3. The SMILES string of the molecule is [C-]#[N+]CC1(n2nc(Nc3ccc(S(=O)(=O)NCCOC)cc3)c3c(=O)[nH]ccc32)CCCCC1. The number of benzene rings is 1. The van der Waals surface area contributed by atoms with Gasteiger partial charge in [0, 0.05) is 25.5 Å². The minimum atomic E-state index is -3.65. The Morgan fingerprint density at radius 1 is 1.21 bits per heavy atom. The van der Waals surface area contributed by atoms with Crippen LogP contribution in [0.15, 0.2) is 46.2 Å². The van der Waals surface area contributed by atoms with Gasteiger partial charge in [-0.25, -0.2) is 24.4 Å². The monoisotopic (exact) mass is 484 g/mol. The first kappa shape index (κ1) is 23.9. The van der Waals surface area contributed by atoms with E-state index < -0.39 is 15.6 Å². The third-order valence-corrected chi connectivity index (χ3v) is 7.71. The molecule has 3 N–H and O–H groups in total. The molecule has 1 saturated carbocycles. The molecule has 0 saturated heterocycles. The number of anilines is 2. The largest absolute Gasteiger partial charge is 0.383 e. The number of nitrogens with zero attached hydrogens (tertiary/aromatic N) is 3. The van der Waals surface area contributed by atoms with Crippen LogP contribution in [0.3, 0.4) is 0 Å². The number of rotatable bonds is 9. The van der Waals surface area contributed by atoms with Crippen molar-refractivity contribution in [3.8, 4) is 0 Å². The minimum Gasteiger partial charge on any atom is -0.383 e. The van der Waals surface area contributed by atoms with Gasteiger partial charge in [0.2, 0.25) is 16.6 Å². The average molecular weight is 485 g/mol. The van der Waals surface area contributed by atoms with Crippen molar-refractivity contribution in [2.75, 3.05) is 32.1 Å². The number of methoxy groups -OCH3 is 1. The summed E-state index contributed by atoms with van der Waals surface area (Å²) in [4.78, 5) is 19.3. The third kappa shape index (κ3) is 4.70. The van der Waals surface area contributed by atoms with Gasteiger partial charge in [0.1, 0.15) is 10.9 Å². The Kier molecular flexibility index (Phi) is 7.02. The molecule has 1 aliphatic rings. The lowest BCUT2D eigenvalue weighted by molar-refractivity contribution is 0.200. The molecule has 10 nitrogen and oxygen atoms in total. The molecule has 0 atom stereocenters. The predicted octanol–water partition coefficient (Wildman–Crippen LogP) is 2.97. The quantitative estimate of drug-likeness (QED) is 0.317. The molecule has 0 bridgehead atoms. The molecule has 4 rings (SSSR count). The van der Waals surface area contributed by atoms with Crippen LogP contribution in [0.4, 0.5) is 11.5 Å². The zero-order valence-corrected chi connectivity index (χ0v) is 19.8. The Morgan fingerprint density at radius 3 is 2.62 bits per heavy atom. The van der Waals surface area contributed by atoms with Gasteiger partial charge in [0.25, 0.3) is 5.56 Å². The van der Waals surface area contributed by atoms with Gasteiger partial charge in [-0.2, -0.15) is 5.10 Å². The van der Waals surface area contributed by atoms with E-state index in [1.807, 2.05) is 10.7 Å². The van der Waals surface area contributed by atoms with Crippen molar-refractivity contribution in [1.29, 1.82) is 0 Å². The maximum absolute atomic E-state index is 12.8. The smallest absolute Gasteiger partial charge is 0.261 e. The second-order valence-electron chi connectivity index (χ2n) is 8.47. The van der Waals surface area contributed by atoms with Crippen LogP contribution in [0.25, 0.3) is 15.7 Å². The molecule has 180 valence electrons. The highest BCUT2D eigenvalue weighted by Crippen LogP contribution is 2.38. The molecule has 0 unspecified atom stereocenters.